The fourth-order valence-corrected chi connectivity index (χ4v) is 4.32. The molecule has 0 radical (unpaired) electrons. The van der Waals surface area contributed by atoms with E-state index in [0.29, 0.717) is 16.4 Å². The van der Waals surface area contributed by atoms with Crippen molar-refractivity contribution in [3.63, 3.8) is 0 Å². The zero-order valence-corrected chi connectivity index (χ0v) is 17.7. The van der Waals surface area contributed by atoms with Crippen molar-refractivity contribution in [2.24, 2.45) is 0 Å². The summed E-state index contributed by atoms with van der Waals surface area (Å²) in [7, 11) is 0. The lowest BCUT2D eigenvalue weighted by atomic mass is 10.1. The highest BCUT2D eigenvalue weighted by molar-refractivity contribution is 7.14. The molecule has 32 heavy (non-hydrogen) atoms. The van der Waals surface area contributed by atoms with Crippen LogP contribution in [-0.2, 0) is 0 Å². The van der Waals surface area contributed by atoms with Gasteiger partial charge in [0.05, 0.1) is 11.4 Å². The second-order valence-electron chi connectivity index (χ2n) is 7.20. The smallest absolute Gasteiger partial charge is 0.269 e. The summed E-state index contributed by atoms with van der Waals surface area (Å²) in [6.45, 7) is 1.99. The molecule has 0 bridgehead atoms. The van der Waals surface area contributed by atoms with Gasteiger partial charge in [0.1, 0.15) is 0 Å². The van der Waals surface area contributed by atoms with Crippen LogP contribution in [0.2, 0.25) is 0 Å². The molecule has 1 amide bonds. The lowest BCUT2D eigenvalue weighted by Gasteiger charge is -2.07. The first-order chi connectivity index (χ1) is 15.5. The van der Waals surface area contributed by atoms with Crippen LogP contribution in [-0.4, -0.2) is 25.7 Å². The highest BCUT2D eigenvalue weighted by Gasteiger charge is 2.15. The van der Waals surface area contributed by atoms with Gasteiger partial charge >= 0.3 is 0 Å². The molecule has 0 spiro atoms. The molecule has 5 aromatic rings. The van der Waals surface area contributed by atoms with E-state index in [1.165, 1.54) is 23.5 Å². The number of nitrogens with one attached hydrogen (secondary N) is 3. The monoisotopic (exact) mass is 443 g/mol. The van der Waals surface area contributed by atoms with Crippen molar-refractivity contribution in [1.82, 2.24) is 19.7 Å². The zero-order chi connectivity index (χ0) is 22.2. The summed E-state index contributed by atoms with van der Waals surface area (Å²) in [6, 6.07) is 16.8. The molecule has 0 aliphatic heterocycles. The molecule has 0 saturated heterocycles. The number of aryl methyl sites for hydroxylation is 1. The predicted octanol–water partition coefficient (Wildman–Crippen LogP) is 3.69. The third kappa shape index (κ3) is 3.54. The van der Waals surface area contributed by atoms with Crippen LogP contribution in [0.15, 0.2) is 75.6 Å². The van der Waals surface area contributed by atoms with Crippen LogP contribution in [0.25, 0.3) is 27.8 Å². The van der Waals surface area contributed by atoms with Crippen LogP contribution >= 0.6 is 11.3 Å². The molecule has 158 valence electrons. The summed E-state index contributed by atoms with van der Waals surface area (Å²) in [6.07, 6.45) is 0. The van der Waals surface area contributed by atoms with Gasteiger partial charge in [0, 0.05) is 45.2 Å². The number of amides is 1. The number of aromatic amines is 2. The van der Waals surface area contributed by atoms with E-state index in [-0.39, 0.29) is 5.91 Å². The minimum Gasteiger partial charge on any atom is -0.358 e. The van der Waals surface area contributed by atoms with Gasteiger partial charge in [0.2, 0.25) is 0 Å². The number of benzene rings is 2. The van der Waals surface area contributed by atoms with Gasteiger partial charge in [0.15, 0.2) is 5.13 Å². The van der Waals surface area contributed by atoms with E-state index in [4.69, 9.17) is 0 Å². The van der Waals surface area contributed by atoms with Gasteiger partial charge in [-0.05, 0) is 31.2 Å². The molecule has 9 heteroatoms. The van der Waals surface area contributed by atoms with Crippen molar-refractivity contribution >= 4 is 33.3 Å². The molecule has 5 rings (SSSR count). The molecule has 2 aromatic carbocycles. The second-order valence-corrected chi connectivity index (χ2v) is 8.05. The molecular weight excluding hydrogens is 426 g/mol. The largest absolute Gasteiger partial charge is 0.358 e. The van der Waals surface area contributed by atoms with E-state index < -0.39 is 11.1 Å². The number of anilines is 1. The van der Waals surface area contributed by atoms with E-state index in [1.807, 2.05) is 36.6 Å². The molecule has 3 aromatic heterocycles. The summed E-state index contributed by atoms with van der Waals surface area (Å²) >= 11 is 1.33. The van der Waals surface area contributed by atoms with Crippen LogP contribution in [0, 0.1) is 6.92 Å². The van der Waals surface area contributed by atoms with Gasteiger partial charge in [-0.3, -0.25) is 24.8 Å². The Hall–Kier alpha value is -4.24. The Balaban J connectivity index is 1.43. The third-order valence-corrected chi connectivity index (χ3v) is 5.82. The van der Waals surface area contributed by atoms with Crippen molar-refractivity contribution in [3.8, 4) is 16.9 Å². The molecule has 0 atom stereocenters. The average molecular weight is 443 g/mol. The Morgan fingerprint density at radius 1 is 1.06 bits per heavy atom. The number of thiazole rings is 1. The Morgan fingerprint density at radius 3 is 2.78 bits per heavy atom. The number of aromatic nitrogens is 4. The molecule has 3 heterocycles. The van der Waals surface area contributed by atoms with Gasteiger partial charge in [0.25, 0.3) is 17.0 Å². The summed E-state index contributed by atoms with van der Waals surface area (Å²) in [5, 5.41) is 8.70. The zero-order valence-electron chi connectivity index (χ0n) is 16.9. The molecule has 0 aliphatic carbocycles. The van der Waals surface area contributed by atoms with E-state index >= 15 is 0 Å². The number of hydrogen-bond acceptors (Lipinski definition) is 5. The molecular formula is C23H17N5O3S. The number of H-pyrrole nitrogens is 2. The van der Waals surface area contributed by atoms with Crippen LogP contribution in [0.4, 0.5) is 5.13 Å². The lowest BCUT2D eigenvalue weighted by molar-refractivity contribution is 0.102. The third-order valence-electron chi connectivity index (χ3n) is 5.06. The van der Waals surface area contributed by atoms with Gasteiger partial charge in [-0.15, -0.1) is 11.3 Å². The van der Waals surface area contributed by atoms with Crippen molar-refractivity contribution in [2.45, 2.75) is 6.92 Å². The van der Waals surface area contributed by atoms with E-state index in [0.717, 1.165) is 38.6 Å². The lowest BCUT2D eigenvalue weighted by Crippen LogP contribution is -2.26. The molecule has 0 saturated carbocycles. The summed E-state index contributed by atoms with van der Waals surface area (Å²) in [5.41, 5.74) is 3.72. The minimum atomic E-state index is -0.414. The SMILES string of the molecule is Cc1[nH]c2ccccc2c1-c1csc(NC(=O)c2cccc(-n3[nH]c(=O)ccc3=O)c2)n1. The molecule has 0 unspecified atom stereocenters. The van der Waals surface area contributed by atoms with Gasteiger partial charge in [-0.2, -0.15) is 0 Å². The molecule has 8 nitrogen and oxygen atoms in total. The fraction of sp³-hybridized carbons (Fsp3) is 0.0435. The summed E-state index contributed by atoms with van der Waals surface area (Å²) in [4.78, 5) is 44.4. The molecule has 0 aliphatic rings. The highest BCUT2D eigenvalue weighted by Crippen LogP contribution is 2.33. The Labute approximate surface area is 185 Å². The van der Waals surface area contributed by atoms with Crippen molar-refractivity contribution in [2.75, 3.05) is 5.32 Å². The number of para-hydroxylation sites is 1. The van der Waals surface area contributed by atoms with E-state index in [9.17, 15) is 14.4 Å². The predicted molar refractivity (Wildman–Crippen MR) is 125 cm³/mol. The average Bonchev–Trinajstić information content (AvgIpc) is 3.38. The van der Waals surface area contributed by atoms with Gasteiger partial charge in [-0.1, -0.05) is 24.3 Å². The first-order valence-corrected chi connectivity index (χ1v) is 10.6. The maximum absolute atomic E-state index is 12.8. The number of nitrogens with zero attached hydrogens (tertiary/aromatic N) is 2. The standard InChI is InChI=1S/C23H17N5O3S/c1-13-21(16-7-2-3-8-17(16)24-13)18-12-32-23(25-18)26-22(31)14-5-4-6-15(11-14)28-20(30)10-9-19(29)27-28/h2-12,24H,1H3,(H,27,29)(H,25,26,31). The Morgan fingerprint density at radius 2 is 1.91 bits per heavy atom. The van der Waals surface area contributed by atoms with E-state index in [2.05, 4.69) is 20.4 Å². The quantitative estimate of drug-likeness (QED) is 0.393. The maximum atomic E-state index is 12.8. The topological polar surface area (TPSA) is 113 Å². The number of rotatable bonds is 4. The van der Waals surface area contributed by atoms with E-state index in [1.54, 1.807) is 18.2 Å². The fourth-order valence-electron chi connectivity index (χ4n) is 3.62. The van der Waals surface area contributed by atoms with Crippen LogP contribution < -0.4 is 16.4 Å². The second kappa shape index (κ2) is 7.78. The normalized spacial score (nSPS) is 11.0. The van der Waals surface area contributed by atoms with Gasteiger partial charge < -0.3 is 4.98 Å². The number of carbonyl (C=O) groups excluding carboxylic acids is 1. The number of fused-ring (bicyclic) bond motifs is 1. The summed E-state index contributed by atoms with van der Waals surface area (Å²) < 4.78 is 1.10. The highest BCUT2D eigenvalue weighted by atomic mass is 32.1. The minimum absolute atomic E-state index is 0.333. The number of carbonyl (C=O) groups is 1. The Bertz CT molecular complexity index is 1590. The first-order valence-electron chi connectivity index (χ1n) is 9.77. The summed E-state index contributed by atoms with van der Waals surface area (Å²) in [5.74, 6) is -0.366. The molecule has 0 fully saturated rings. The van der Waals surface area contributed by atoms with Crippen LogP contribution in [0.5, 0.6) is 0 Å². The first kappa shape index (κ1) is 19.7. The van der Waals surface area contributed by atoms with Crippen LogP contribution in [0.3, 0.4) is 0 Å². The van der Waals surface area contributed by atoms with Gasteiger partial charge in [-0.25, -0.2) is 9.67 Å². The van der Waals surface area contributed by atoms with Crippen molar-refractivity contribution in [1.29, 1.82) is 0 Å². The molecule has 3 N–H and O–H groups in total. The van der Waals surface area contributed by atoms with Crippen LogP contribution in [0.1, 0.15) is 16.1 Å². The van der Waals surface area contributed by atoms with Crippen molar-refractivity contribution in [3.05, 3.63) is 98.0 Å². The Kier molecular flexibility index (Phi) is 4.79. The number of hydrogen-bond donors (Lipinski definition) is 3. The maximum Gasteiger partial charge on any atom is 0.269 e. The van der Waals surface area contributed by atoms with Crippen molar-refractivity contribution < 1.29 is 4.79 Å².